The molecule has 0 saturated carbocycles. The van der Waals surface area contributed by atoms with Crippen molar-refractivity contribution in [2.75, 3.05) is 5.32 Å². The van der Waals surface area contributed by atoms with Crippen LogP contribution in [0.3, 0.4) is 0 Å². The van der Waals surface area contributed by atoms with Crippen molar-refractivity contribution in [1.29, 1.82) is 0 Å². The average molecular weight is 345 g/mol. The highest BCUT2D eigenvalue weighted by Gasteiger charge is 2.18. The van der Waals surface area contributed by atoms with Crippen molar-refractivity contribution in [1.82, 2.24) is 15.2 Å². The van der Waals surface area contributed by atoms with Gasteiger partial charge < -0.3 is 4.74 Å². The van der Waals surface area contributed by atoms with Gasteiger partial charge in [0.15, 0.2) is 0 Å². The van der Waals surface area contributed by atoms with Crippen LogP contribution in [0.15, 0.2) is 36.5 Å². The molecule has 1 aromatic carbocycles. The second-order valence-corrected chi connectivity index (χ2v) is 6.69. The van der Waals surface area contributed by atoms with Crippen LogP contribution in [0, 0.1) is 0 Å². The number of hydrogen-bond acceptors (Lipinski definition) is 4. The molecule has 1 amide bonds. The SMILES string of the molecule is CC(C)(C)OC(=O)Nc1c(Cl)ccc2nc(-c3ccn[nH]3)ccc12. The Morgan fingerprint density at radius 3 is 2.67 bits per heavy atom. The molecule has 2 aromatic heterocycles. The number of ether oxygens (including phenoxy) is 1. The quantitative estimate of drug-likeness (QED) is 0.710. The number of nitrogens with one attached hydrogen (secondary N) is 2. The minimum Gasteiger partial charge on any atom is -0.444 e. The number of aromatic nitrogens is 3. The molecule has 0 aliphatic carbocycles. The van der Waals surface area contributed by atoms with E-state index >= 15 is 0 Å². The van der Waals surface area contributed by atoms with Gasteiger partial charge in [-0.15, -0.1) is 0 Å². The third-order valence-corrected chi connectivity index (χ3v) is 3.54. The number of anilines is 1. The first-order valence-electron chi connectivity index (χ1n) is 7.42. The number of carbonyl (C=O) groups excluding carboxylic acids is 1. The second kappa shape index (κ2) is 6.13. The van der Waals surface area contributed by atoms with Gasteiger partial charge in [0.05, 0.1) is 27.6 Å². The van der Waals surface area contributed by atoms with Crippen LogP contribution >= 0.6 is 11.6 Å². The zero-order valence-electron chi connectivity index (χ0n) is 13.6. The molecule has 2 heterocycles. The lowest BCUT2D eigenvalue weighted by Gasteiger charge is -2.20. The van der Waals surface area contributed by atoms with Crippen LogP contribution in [0.4, 0.5) is 10.5 Å². The van der Waals surface area contributed by atoms with E-state index in [0.717, 1.165) is 16.8 Å². The van der Waals surface area contributed by atoms with Crippen LogP contribution in [0.1, 0.15) is 20.8 Å². The summed E-state index contributed by atoms with van der Waals surface area (Å²) in [5.74, 6) is 0. The van der Waals surface area contributed by atoms with E-state index in [0.29, 0.717) is 16.2 Å². The Morgan fingerprint density at radius 1 is 1.21 bits per heavy atom. The molecule has 0 spiro atoms. The van der Waals surface area contributed by atoms with E-state index in [1.54, 1.807) is 39.1 Å². The molecule has 0 aliphatic heterocycles. The first-order valence-corrected chi connectivity index (χ1v) is 7.80. The largest absolute Gasteiger partial charge is 0.444 e. The number of nitrogens with zero attached hydrogens (tertiary/aromatic N) is 2. The summed E-state index contributed by atoms with van der Waals surface area (Å²) in [5.41, 5.74) is 2.16. The smallest absolute Gasteiger partial charge is 0.412 e. The number of rotatable bonds is 2. The number of amides is 1. The molecule has 0 fully saturated rings. The summed E-state index contributed by atoms with van der Waals surface area (Å²) < 4.78 is 5.29. The van der Waals surface area contributed by atoms with Crippen molar-refractivity contribution in [2.45, 2.75) is 26.4 Å². The van der Waals surface area contributed by atoms with Gasteiger partial charge in [-0.3, -0.25) is 10.4 Å². The molecule has 3 rings (SSSR count). The number of benzene rings is 1. The van der Waals surface area contributed by atoms with E-state index in [1.165, 1.54) is 0 Å². The summed E-state index contributed by atoms with van der Waals surface area (Å²) in [6, 6.07) is 9.03. The lowest BCUT2D eigenvalue weighted by atomic mass is 10.1. The molecular weight excluding hydrogens is 328 g/mol. The first kappa shape index (κ1) is 16.3. The Balaban J connectivity index is 1.98. The summed E-state index contributed by atoms with van der Waals surface area (Å²) in [4.78, 5) is 16.6. The molecule has 0 atom stereocenters. The molecule has 3 aromatic rings. The normalized spacial score (nSPS) is 11.5. The molecule has 0 radical (unpaired) electrons. The highest BCUT2D eigenvalue weighted by atomic mass is 35.5. The highest BCUT2D eigenvalue weighted by molar-refractivity contribution is 6.35. The maximum absolute atomic E-state index is 12.1. The predicted octanol–water partition coefficient (Wildman–Crippen LogP) is 4.63. The topological polar surface area (TPSA) is 79.9 Å². The van der Waals surface area contributed by atoms with Crippen molar-refractivity contribution in [3.05, 3.63) is 41.6 Å². The Morgan fingerprint density at radius 2 is 2.00 bits per heavy atom. The van der Waals surface area contributed by atoms with Crippen molar-refractivity contribution in [3.8, 4) is 11.4 Å². The summed E-state index contributed by atoms with van der Waals surface area (Å²) in [6.45, 7) is 5.40. The van der Waals surface area contributed by atoms with Gasteiger partial charge in [-0.1, -0.05) is 11.6 Å². The minimum absolute atomic E-state index is 0.421. The summed E-state index contributed by atoms with van der Waals surface area (Å²) in [6.07, 6.45) is 1.10. The maximum Gasteiger partial charge on any atom is 0.412 e. The fraction of sp³-hybridized carbons (Fsp3) is 0.235. The Hall–Kier alpha value is -2.60. The molecule has 2 N–H and O–H groups in total. The van der Waals surface area contributed by atoms with Gasteiger partial charge in [0.25, 0.3) is 0 Å². The van der Waals surface area contributed by atoms with Crippen LogP contribution in [0.5, 0.6) is 0 Å². The van der Waals surface area contributed by atoms with Crippen molar-refractivity contribution in [3.63, 3.8) is 0 Å². The van der Waals surface area contributed by atoms with Gasteiger partial charge in [-0.25, -0.2) is 9.78 Å². The molecule has 0 bridgehead atoms. The van der Waals surface area contributed by atoms with Gasteiger partial charge in [-0.05, 0) is 51.1 Å². The molecule has 0 aliphatic rings. The zero-order valence-corrected chi connectivity index (χ0v) is 14.3. The fourth-order valence-electron chi connectivity index (χ4n) is 2.26. The average Bonchev–Trinajstić information content (AvgIpc) is 3.02. The van der Waals surface area contributed by atoms with Crippen molar-refractivity contribution < 1.29 is 9.53 Å². The summed E-state index contributed by atoms with van der Waals surface area (Å²) in [7, 11) is 0. The molecule has 6 nitrogen and oxygen atoms in total. The van der Waals surface area contributed by atoms with Gasteiger partial charge >= 0.3 is 6.09 Å². The van der Waals surface area contributed by atoms with E-state index in [9.17, 15) is 4.79 Å². The Labute approximate surface area is 144 Å². The molecule has 124 valence electrons. The number of halogens is 1. The van der Waals surface area contributed by atoms with Crippen LogP contribution in [-0.4, -0.2) is 26.9 Å². The van der Waals surface area contributed by atoms with E-state index in [1.807, 2.05) is 18.2 Å². The maximum atomic E-state index is 12.1. The summed E-state index contributed by atoms with van der Waals surface area (Å²) >= 11 is 6.24. The molecule has 7 heteroatoms. The highest BCUT2D eigenvalue weighted by Crippen LogP contribution is 2.32. The Bertz CT molecular complexity index is 885. The number of H-pyrrole nitrogens is 1. The second-order valence-electron chi connectivity index (χ2n) is 6.28. The van der Waals surface area contributed by atoms with Gasteiger partial charge in [0, 0.05) is 11.6 Å². The third kappa shape index (κ3) is 3.49. The summed E-state index contributed by atoms with van der Waals surface area (Å²) in [5, 5.41) is 10.7. The fourth-order valence-corrected chi connectivity index (χ4v) is 2.47. The standard InChI is InChI=1S/C17H17ClN4O2/c1-17(2,3)24-16(23)21-15-10-4-6-13(14-8-9-19-22-14)20-12(10)7-5-11(15)18/h4-9H,1-3H3,(H,19,22)(H,21,23). The van der Waals surface area contributed by atoms with Crippen molar-refractivity contribution in [2.24, 2.45) is 0 Å². The monoisotopic (exact) mass is 344 g/mol. The predicted molar refractivity (Wildman–Crippen MR) is 94.2 cm³/mol. The number of hydrogen-bond donors (Lipinski definition) is 2. The number of pyridine rings is 1. The molecule has 0 unspecified atom stereocenters. The van der Waals surface area contributed by atoms with E-state index in [-0.39, 0.29) is 0 Å². The van der Waals surface area contributed by atoms with Crippen LogP contribution in [0.25, 0.3) is 22.3 Å². The van der Waals surface area contributed by atoms with Gasteiger partial charge in [0.2, 0.25) is 0 Å². The van der Waals surface area contributed by atoms with E-state index in [4.69, 9.17) is 16.3 Å². The van der Waals surface area contributed by atoms with Gasteiger partial charge in [-0.2, -0.15) is 5.10 Å². The third-order valence-electron chi connectivity index (χ3n) is 3.22. The molecule has 24 heavy (non-hydrogen) atoms. The molecule has 0 saturated heterocycles. The minimum atomic E-state index is -0.590. The van der Waals surface area contributed by atoms with Crippen molar-refractivity contribution >= 4 is 34.3 Å². The van der Waals surface area contributed by atoms with Crippen LogP contribution in [0.2, 0.25) is 5.02 Å². The van der Waals surface area contributed by atoms with E-state index < -0.39 is 11.7 Å². The van der Waals surface area contributed by atoms with E-state index in [2.05, 4.69) is 20.5 Å². The molecular formula is C17H17ClN4O2. The number of aromatic amines is 1. The lowest BCUT2D eigenvalue weighted by molar-refractivity contribution is 0.0636. The van der Waals surface area contributed by atoms with Gasteiger partial charge in [0.1, 0.15) is 5.60 Å². The van der Waals surface area contributed by atoms with Crippen LogP contribution in [-0.2, 0) is 4.74 Å². The number of fused-ring (bicyclic) bond motifs is 1. The van der Waals surface area contributed by atoms with Crippen LogP contribution < -0.4 is 5.32 Å². The number of carbonyl (C=O) groups is 1. The Kier molecular flexibility index (Phi) is 4.15. The zero-order chi connectivity index (χ0) is 17.3. The lowest BCUT2D eigenvalue weighted by Crippen LogP contribution is -2.27. The first-order chi connectivity index (χ1) is 11.3.